The lowest BCUT2D eigenvalue weighted by atomic mass is 9.87. The molecule has 1 unspecified atom stereocenters. The molecule has 4 rings (SSSR count). The Labute approximate surface area is 167 Å². The van der Waals surface area contributed by atoms with Gasteiger partial charge in [-0.05, 0) is 48.3 Å². The molecular weight excluding hydrogens is 362 g/mol. The van der Waals surface area contributed by atoms with E-state index in [9.17, 15) is 9.59 Å². The van der Waals surface area contributed by atoms with Crippen molar-refractivity contribution in [3.05, 3.63) is 34.9 Å². The number of fused-ring (bicyclic) bond motifs is 1. The van der Waals surface area contributed by atoms with Gasteiger partial charge in [-0.3, -0.25) is 9.59 Å². The number of halogens is 1. The molecule has 2 amide bonds. The third-order valence-corrected chi connectivity index (χ3v) is 6.32. The molecule has 1 saturated heterocycles. The third kappa shape index (κ3) is 4.46. The number of nitrogens with zero attached hydrogens (tertiary/aromatic N) is 1. The van der Waals surface area contributed by atoms with Crippen molar-refractivity contribution in [3.8, 4) is 0 Å². The summed E-state index contributed by atoms with van der Waals surface area (Å²) in [6.07, 6.45) is 4.93. The summed E-state index contributed by atoms with van der Waals surface area (Å²) in [4.78, 5) is 27.0. The Morgan fingerprint density at radius 2 is 1.93 bits per heavy atom. The van der Waals surface area contributed by atoms with Gasteiger partial charge in [0.05, 0.1) is 5.92 Å². The van der Waals surface area contributed by atoms with E-state index in [-0.39, 0.29) is 30.1 Å². The molecule has 3 aliphatic rings. The van der Waals surface area contributed by atoms with E-state index in [1.54, 1.807) is 0 Å². The van der Waals surface area contributed by atoms with Gasteiger partial charge in [0.15, 0.2) is 0 Å². The van der Waals surface area contributed by atoms with Crippen LogP contribution in [-0.4, -0.2) is 29.3 Å². The van der Waals surface area contributed by atoms with Gasteiger partial charge in [-0.25, -0.2) is 0 Å². The Kier molecular flexibility index (Phi) is 6.43. The number of carbonyl (C=O) groups is 2. The standard InChI is InChI=1S/C21H29N3O2.ClH/c1-14-2-6-19(7-3-14)24-13-18(9-20(24)25)21(26)23-10-15-4-5-16-11-22-12-17(16)8-15;/h4-5,8,14,18-19,22H,2-3,6-7,9-13H2,1H3,(H,23,26);1H. The van der Waals surface area contributed by atoms with Gasteiger partial charge in [0.1, 0.15) is 0 Å². The highest BCUT2D eigenvalue weighted by atomic mass is 35.5. The Bertz CT molecular complexity index is 701. The fourth-order valence-electron chi connectivity index (χ4n) is 4.61. The Balaban J connectivity index is 0.00000210. The summed E-state index contributed by atoms with van der Waals surface area (Å²) in [5, 5.41) is 6.38. The summed E-state index contributed by atoms with van der Waals surface area (Å²) in [6.45, 7) is 5.26. The van der Waals surface area contributed by atoms with Gasteiger partial charge in [-0.15, -0.1) is 12.4 Å². The van der Waals surface area contributed by atoms with Crippen molar-refractivity contribution < 1.29 is 9.59 Å². The maximum atomic E-state index is 12.6. The van der Waals surface area contributed by atoms with Crippen LogP contribution in [-0.2, 0) is 29.2 Å². The SMILES string of the molecule is CC1CCC(N2CC(C(=O)NCc3ccc4c(c3)CNC4)CC2=O)CC1.Cl. The molecule has 2 fully saturated rings. The van der Waals surface area contributed by atoms with E-state index >= 15 is 0 Å². The van der Waals surface area contributed by atoms with Crippen LogP contribution in [0, 0.1) is 11.8 Å². The van der Waals surface area contributed by atoms with E-state index in [0.717, 1.165) is 37.4 Å². The number of hydrogen-bond donors (Lipinski definition) is 2. The average molecular weight is 392 g/mol. The first-order chi connectivity index (χ1) is 12.6. The molecule has 1 atom stereocenters. The van der Waals surface area contributed by atoms with Crippen molar-refractivity contribution in [2.75, 3.05) is 6.54 Å². The van der Waals surface area contributed by atoms with E-state index in [1.807, 2.05) is 4.90 Å². The van der Waals surface area contributed by atoms with E-state index in [0.29, 0.717) is 25.6 Å². The molecule has 1 aliphatic carbocycles. The van der Waals surface area contributed by atoms with E-state index in [4.69, 9.17) is 0 Å². The normalized spacial score (nSPS) is 27.2. The molecule has 0 spiro atoms. The minimum Gasteiger partial charge on any atom is -0.352 e. The second-order valence-electron chi connectivity index (χ2n) is 8.29. The molecule has 1 aromatic carbocycles. The molecular formula is C21H30ClN3O2. The van der Waals surface area contributed by atoms with Crippen LogP contribution in [0.3, 0.4) is 0 Å². The first kappa shape index (κ1) is 20.2. The van der Waals surface area contributed by atoms with Crippen LogP contribution >= 0.6 is 12.4 Å². The predicted octanol–water partition coefficient (Wildman–Crippen LogP) is 2.76. The van der Waals surface area contributed by atoms with Crippen molar-refractivity contribution in [2.45, 2.75) is 64.7 Å². The van der Waals surface area contributed by atoms with Crippen molar-refractivity contribution in [2.24, 2.45) is 11.8 Å². The molecule has 1 saturated carbocycles. The van der Waals surface area contributed by atoms with Crippen molar-refractivity contribution >= 4 is 24.2 Å². The lowest BCUT2D eigenvalue weighted by Gasteiger charge is -2.33. The second-order valence-corrected chi connectivity index (χ2v) is 8.29. The van der Waals surface area contributed by atoms with Crippen LogP contribution < -0.4 is 10.6 Å². The van der Waals surface area contributed by atoms with Crippen molar-refractivity contribution in [1.82, 2.24) is 15.5 Å². The fourth-order valence-corrected chi connectivity index (χ4v) is 4.61. The predicted molar refractivity (Wildman–Crippen MR) is 107 cm³/mol. The molecule has 6 heteroatoms. The van der Waals surface area contributed by atoms with Crippen LogP contribution in [0.15, 0.2) is 18.2 Å². The fraction of sp³-hybridized carbons (Fsp3) is 0.619. The van der Waals surface area contributed by atoms with Gasteiger partial charge < -0.3 is 15.5 Å². The molecule has 0 bridgehead atoms. The number of rotatable bonds is 4. The zero-order valence-corrected chi connectivity index (χ0v) is 16.8. The van der Waals surface area contributed by atoms with Crippen LogP contribution in [0.25, 0.3) is 0 Å². The van der Waals surface area contributed by atoms with E-state index in [1.165, 1.54) is 24.0 Å². The topological polar surface area (TPSA) is 61.4 Å². The Morgan fingerprint density at radius 1 is 1.19 bits per heavy atom. The van der Waals surface area contributed by atoms with Gasteiger partial charge in [-0.2, -0.15) is 0 Å². The van der Waals surface area contributed by atoms with E-state index in [2.05, 4.69) is 35.8 Å². The Hall–Kier alpha value is -1.59. The van der Waals surface area contributed by atoms with Gasteiger partial charge in [0.25, 0.3) is 0 Å². The summed E-state index contributed by atoms with van der Waals surface area (Å²) >= 11 is 0. The van der Waals surface area contributed by atoms with Gasteiger partial charge >= 0.3 is 0 Å². The number of carbonyl (C=O) groups excluding carboxylic acids is 2. The molecule has 1 aromatic rings. The Morgan fingerprint density at radius 3 is 2.70 bits per heavy atom. The number of benzene rings is 1. The van der Waals surface area contributed by atoms with Crippen molar-refractivity contribution in [1.29, 1.82) is 0 Å². The summed E-state index contributed by atoms with van der Waals surface area (Å²) in [7, 11) is 0. The lowest BCUT2D eigenvalue weighted by molar-refractivity contribution is -0.131. The third-order valence-electron chi connectivity index (χ3n) is 6.32. The summed E-state index contributed by atoms with van der Waals surface area (Å²) in [5.41, 5.74) is 3.80. The minimum atomic E-state index is -0.196. The van der Waals surface area contributed by atoms with E-state index < -0.39 is 0 Å². The van der Waals surface area contributed by atoms with Crippen LogP contribution in [0.1, 0.15) is 55.7 Å². The number of nitrogens with one attached hydrogen (secondary N) is 2. The lowest BCUT2D eigenvalue weighted by Crippen LogP contribution is -2.40. The van der Waals surface area contributed by atoms with Gasteiger partial charge in [0.2, 0.25) is 11.8 Å². The number of hydrogen-bond acceptors (Lipinski definition) is 3. The largest absolute Gasteiger partial charge is 0.352 e. The molecule has 27 heavy (non-hydrogen) atoms. The molecule has 2 aliphatic heterocycles. The smallest absolute Gasteiger partial charge is 0.225 e. The summed E-state index contributed by atoms with van der Waals surface area (Å²) < 4.78 is 0. The molecule has 2 heterocycles. The maximum Gasteiger partial charge on any atom is 0.225 e. The van der Waals surface area contributed by atoms with Crippen LogP contribution in [0.4, 0.5) is 0 Å². The highest BCUT2D eigenvalue weighted by Crippen LogP contribution is 2.31. The first-order valence-corrected chi connectivity index (χ1v) is 9.98. The molecule has 5 nitrogen and oxygen atoms in total. The number of amides is 2. The summed E-state index contributed by atoms with van der Waals surface area (Å²) in [5.74, 6) is 0.750. The van der Waals surface area contributed by atoms with Gasteiger partial charge in [0, 0.05) is 38.6 Å². The molecule has 0 radical (unpaired) electrons. The zero-order chi connectivity index (χ0) is 18.1. The minimum absolute atomic E-state index is 0. The maximum absolute atomic E-state index is 12.6. The average Bonchev–Trinajstić information content (AvgIpc) is 3.26. The quantitative estimate of drug-likeness (QED) is 0.829. The number of likely N-dealkylation sites (tertiary alicyclic amines) is 1. The molecule has 0 aromatic heterocycles. The van der Waals surface area contributed by atoms with Crippen molar-refractivity contribution in [3.63, 3.8) is 0 Å². The monoisotopic (exact) mass is 391 g/mol. The highest BCUT2D eigenvalue weighted by Gasteiger charge is 2.38. The van der Waals surface area contributed by atoms with Crippen LogP contribution in [0.2, 0.25) is 0 Å². The van der Waals surface area contributed by atoms with Crippen LogP contribution in [0.5, 0.6) is 0 Å². The molecule has 2 N–H and O–H groups in total. The molecule has 148 valence electrons. The second kappa shape index (κ2) is 8.61. The highest BCUT2D eigenvalue weighted by molar-refractivity contribution is 5.89. The first-order valence-electron chi connectivity index (χ1n) is 9.98. The zero-order valence-electron chi connectivity index (χ0n) is 16.0. The summed E-state index contributed by atoms with van der Waals surface area (Å²) in [6, 6.07) is 6.74. The van der Waals surface area contributed by atoms with Gasteiger partial charge in [-0.1, -0.05) is 25.1 Å².